The number of likely N-dealkylation sites (N-methyl/N-ethyl adjacent to an activating group) is 1. The molecule has 32 heavy (non-hydrogen) atoms. The van der Waals surface area contributed by atoms with Crippen LogP contribution in [-0.4, -0.2) is 66.5 Å². The Labute approximate surface area is 187 Å². The normalized spacial score (nSPS) is 21.8. The number of amides is 1. The van der Waals surface area contributed by atoms with E-state index in [-0.39, 0.29) is 12.2 Å². The average Bonchev–Trinajstić information content (AvgIpc) is 3.02. The Morgan fingerprint density at radius 2 is 1.62 bits per heavy atom. The van der Waals surface area contributed by atoms with Gasteiger partial charge in [-0.15, -0.1) is 0 Å². The molecule has 2 heterocycles. The summed E-state index contributed by atoms with van der Waals surface area (Å²) < 4.78 is 0. The van der Waals surface area contributed by atoms with Crippen LogP contribution in [0.15, 0.2) is 66.7 Å². The molecule has 0 bridgehead atoms. The SMILES string of the molecule is CN1CCN(CN2C(=O)[C@](O)(CC(=O)c3ccc4ccccc4c3)c3ccccc32)CC1. The second-order valence-electron chi connectivity index (χ2n) is 8.84. The molecule has 0 saturated carbocycles. The van der Waals surface area contributed by atoms with Crippen LogP contribution >= 0.6 is 0 Å². The maximum atomic E-state index is 13.5. The summed E-state index contributed by atoms with van der Waals surface area (Å²) in [5.74, 6) is -0.672. The molecule has 0 spiro atoms. The van der Waals surface area contributed by atoms with Crippen molar-refractivity contribution in [3.05, 3.63) is 77.9 Å². The summed E-state index contributed by atoms with van der Waals surface area (Å²) in [5, 5.41) is 13.6. The molecule has 3 aromatic rings. The fourth-order valence-electron chi connectivity index (χ4n) is 4.70. The zero-order chi connectivity index (χ0) is 22.3. The molecule has 1 N–H and O–H groups in total. The number of hydrogen-bond donors (Lipinski definition) is 1. The van der Waals surface area contributed by atoms with Crippen molar-refractivity contribution >= 4 is 28.2 Å². The highest BCUT2D eigenvalue weighted by Crippen LogP contribution is 2.43. The Morgan fingerprint density at radius 1 is 0.938 bits per heavy atom. The van der Waals surface area contributed by atoms with Crippen LogP contribution in [0.3, 0.4) is 0 Å². The molecular formula is C26H27N3O3. The minimum absolute atomic E-state index is 0.247. The number of ketones is 1. The van der Waals surface area contributed by atoms with Crippen molar-refractivity contribution < 1.29 is 14.7 Å². The number of Topliss-reactive ketones (excluding diaryl/α,β-unsaturated/α-hetero) is 1. The molecule has 0 radical (unpaired) electrons. The van der Waals surface area contributed by atoms with Crippen LogP contribution in [0.25, 0.3) is 10.8 Å². The topological polar surface area (TPSA) is 64.1 Å². The molecule has 3 aromatic carbocycles. The van der Waals surface area contributed by atoms with Crippen molar-refractivity contribution in [3.8, 4) is 0 Å². The molecule has 5 rings (SSSR count). The molecule has 6 nitrogen and oxygen atoms in total. The van der Waals surface area contributed by atoms with Gasteiger partial charge in [0.25, 0.3) is 5.91 Å². The number of rotatable bonds is 5. The minimum atomic E-state index is -1.86. The van der Waals surface area contributed by atoms with Gasteiger partial charge in [0.15, 0.2) is 11.4 Å². The second-order valence-corrected chi connectivity index (χ2v) is 8.84. The standard InChI is InChI=1S/C26H27N3O3/c1-27-12-14-28(15-13-27)18-29-23-9-5-4-8-22(23)26(32,25(29)31)17-24(30)21-11-10-19-6-2-3-7-20(19)16-21/h2-11,16,32H,12-15,17-18H2,1H3/t26-/m0/s1. The van der Waals surface area contributed by atoms with Gasteiger partial charge < -0.3 is 10.0 Å². The lowest BCUT2D eigenvalue weighted by Crippen LogP contribution is -2.51. The highest BCUT2D eigenvalue weighted by Gasteiger charge is 2.51. The summed E-state index contributed by atoms with van der Waals surface area (Å²) in [4.78, 5) is 32.8. The van der Waals surface area contributed by atoms with E-state index in [1.54, 1.807) is 23.1 Å². The lowest BCUT2D eigenvalue weighted by molar-refractivity contribution is -0.136. The summed E-state index contributed by atoms with van der Waals surface area (Å²) >= 11 is 0. The Kier molecular flexibility index (Phi) is 5.29. The van der Waals surface area contributed by atoms with Gasteiger partial charge in [0.2, 0.25) is 0 Å². The highest BCUT2D eigenvalue weighted by molar-refractivity contribution is 6.11. The number of benzene rings is 3. The van der Waals surface area contributed by atoms with Crippen LogP contribution in [0.4, 0.5) is 5.69 Å². The molecule has 6 heteroatoms. The van der Waals surface area contributed by atoms with Crippen LogP contribution in [-0.2, 0) is 10.4 Å². The van der Waals surface area contributed by atoms with Crippen molar-refractivity contribution in [2.45, 2.75) is 12.0 Å². The van der Waals surface area contributed by atoms with Crippen LogP contribution in [0.2, 0.25) is 0 Å². The molecule has 1 saturated heterocycles. The van der Waals surface area contributed by atoms with Crippen LogP contribution < -0.4 is 4.90 Å². The number of piperazine rings is 1. The molecule has 1 amide bonds. The molecule has 2 aliphatic heterocycles. The van der Waals surface area contributed by atoms with E-state index < -0.39 is 11.5 Å². The Balaban J connectivity index is 1.42. The van der Waals surface area contributed by atoms with Crippen molar-refractivity contribution in [3.63, 3.8) is 0 Å². The van der Waals surface area contributed by atoms with Gasteiger partial charge >= 0.3 is 0 Å². The van der Waals surface area contributed by atoms with Gasteiger partial charge in [0.1, 0.15) is 0 Å². The number of aliphatic hydroxyl groups is 1. The number of hydrogen-bond acceptors (Lipinski definition) is 5. The molecule has 1 fully saturated rings. The molecule has 0 aliphatic carbocycles. The van der Waals surface area contributed by atoms with E-state index >= 15 is 0 Å². The number of carbonyl (C=O) groups excluding carboxylic acids is 2. The smallest absolute Gasteiger partial charge is 0.265 e. The first-order valence-electron chi connectivity index (χ1n) is 11.0. The van der Waals surface area contributed by atoms with Gasteiger partial charge in [-0.3, -0.25) is 19.4 Å². The third-order valence-corrected chi connectivity index (χ3v) is 6.66. The van der Waals surface area contributed by atoms with Gasteiger partial charge in [-0.25, -0.2) is 0 Å². The zero-order valence-electron chi connectivity index (χ0n) is 18.2. The number of para-hydroxylation sites is 1. The zero-order valence-corrected chi connectivity index (χ0v) is 18.2. The molecule has 0 aromatic heterocycles. The van der Waals surface area contributed by atoms with Gasteiger partial charge in [-0.2, -0.15) is 0 Å². The van der Waals surface area contributed by atoms with Crippen LogP contribution in [0.5, 0.6) is 0 Å². The van der Waals surface area contributed by atoms with Crippen molar-refractivity contribution in [1.82, 2.24) is 9.80 Å². The van der Waals surface area contributed by atoms with E-state index in [1.165, 1.54) is 0 Å². The summed E-state index contributed by atoms with van der Waals surface area (Å²) in [6.45, 7) is 4.01. The first-order chi connectivity index (χ1) is 15.5. The van der Waals surface area contributed by atoms with E-state index in [0.717, 1.165) is 37.0 Å². The largest absolute Gasteiger partial charge is 0.375 e. The third-order valence-electron chi connectivity index (χ3n) is 6.66. The second kappa shape index (κ2) is 8.13. The summed E-state index contributed by atoms with van der Waals surface area (Å²) in [6, 6.07) is 20.6. The molecule has 2 aliphatic rings. The Morgan fingerprint density at radius 3 is 2.41 bits per heavy atom. The summed E-state index contributed by atoms with van der Waals surface area (Å²) in [6.07, 6.45) is -0.277. The molecular weight excluding hydrogens is 402 g/mol. The van der Waals surface area contributed by atoms with E-state index in [2.05, 4.69) is 16.8 Å². The Bertz CT molecular complexity index is 1190. The first-order valence-corrected chi connectivity index (χ1v) is 11.0. The highest BCUT2D eigenvalue weighted by atomic mass is 16.3. The van der Waals surface area contributed by atoms with Crippen molar-refractivity contribution in [2.24, 2.45) is 0 Å². The van der Waals surface area contributed by atoms with Crippen LogP contribution in [0, 0.1) is 0 Å². The average molecular weight is 430 g/mol. The van der Waals surface area contributed by atoms with Crippen LogP contribution in [0.1, 0.15) is 22.3 Å². The lowest BCUT2D eigenvalue weighted by Gasteiger charge is -2.35. The van der Waals surface area contributed by atoms with Gasteiger partial charge in [-0.1, -0.05) is 54.6 Å². The Hall–Kier alpha value is -3.06. The maximum absolute atomic E-state index is 13.5. The predicted octanol–water partition coefficient (Wildman–Crippen LogP) is 2.85. The molecule has 164 valence electrons. The quantitative estimate of drug-likeness (QED) is 0.632. The van der Waals surface area contributed by atoms with Crippen molar-refractivity contribution in [2.75, 3.05) is 44.8 Å². The van der Waals surface area contributed by atoms with Gasteiger partial charge in [-0.05, 0) is 30.0 Å². The lowest BCUT2D eigenvalue weighted by atomic mass is 9.88. The van der Waals surface area contributed by atoms with Crippen molar-refractivity contribution in [1.29, 1.82) is 0 Å². The van der Waals surface area contributed by atoms with Gasteiger partial charge in [0, 0.05) is 37.3 Å². The monoisotopic (exact) mass is 429 g/mol. The predicted molar refractivity (Wildman–Crippen MR) is 125 cm³/mol. The van der Waals surface area contributed by atoms with E-state index in [0.29, 0.717) is 23.5 Å². The minimum Gasteiger partial charge on any atom is -0.375 e. The molecule has 1 atom stereocenters. The number of anilines is 1. The number of nitrogens with zero attached hydrogens (tertiary/aromatic N) is 3. The fourth-order valence-corrected chi connectivity index (χ4v) is 4.70. The summed E-state index contributed by atoms with van der Waals surface area (Å²) in [5.41, 5.74) is -0.162. The maximum Gasteiger partial charge on any atom is 0.265 e. The van der Waals surface area contributed by atoms with E-state index in [4.69, 9.17) is 0 Å². The van der Waals surface area contributed by atoms with E-state index in [9.17, 15) is 14.7 Å². The summed E-state index contributed by atoms with van der Waals surface area (Å²) in [7, 11) is 2.09. The van der Waals surface area contributed by atoms with E-state index in [1.807, 2.05) is 48.5 Å². The third kappa shape index (κ3) is 3.60. The number of fused-ring (bicyclic) bond motifs is 2. The molecule has 0 unspecified atom stereocenters. The number of carbonyl (C=O) groups is 2. The van der Waals surface area contributed by atoms with Gasteiger partial charge in [0.05, 0.1) is 18.8 Å². The first kappa shape index (κ1) is 20.8. The fraction of sp³-hybridized carbons (Fsp3) is 0.308.